The van der Waals surface area contributed by atoms with Crippen LogP contribution in [0, 0.1) is 0 Å². The zero-order valence-electron chi connectivity index (χ0n) is 15.2. The zero-order chi connectivity index (χ0) is 17.2. The van der Waals surface area contributed by atoms with E-state index in [1.165, 1.54) is 11.1 Å². The lowest BCUT2D eigenvalue weighted by Gasteiger charge is -2.19. The van der Waals surface area contributed by atoms with E-state index in [0.717, 1.165) is 38.4 Å². The molecule has 1 fully saturated rings. The van der Waals surface area contributed by atoms with Crippen molar-refractivity contribution >= 4 is 5.96 Å². The molecule has 0 saturated carbocycles. The summed E-state index contributed by atoms with van der Waals surface area (Å²) in [6.45, 7) is 7.26. The Hall–Kier alpha value is -1.59. The normalized spacial score (nSPS) is 19.3. The number of aliphatic imine (C=N–C) groups is 1. The fraction of sp³-hybridized carbons (Fsp3) is 0.632. The van der Waals surface area contributed by atoms with Crippen molar-refractivity contribution in [3.8, 4) is 0 Å². The lowest BCUT2D eigenvalue weighted by atomic mass is 10.1. The first-order valence-electron chi connectivity index (χ1n) is 8.98. The van der Waals surface area contributed by atoms with Crippen LogP contribution in [0.1, 0.15) is 43.9 Å². The number of hydrogen-bond donors (Lipinski definition) is 2. The second kappa shape index (κ2) is 10.3. The van der Waals surface area contributed by atoms with E-state index >= 15 is 0 Å². The molecule has 5 heteroatoms. The van der Waals surface area contributed by atoms with Gasteiger partial charge in [0.05, 0.1) is 25.4 Å². The van der Waals surface area contributed by atoms with Crippen molar-refractivity contribution in [3.63, 3.8) is 0 Å². The Balaban J connectivity index is 1.66. The molecule has 2 N–H and O–H groups in total. The SMILES string of the molecule is CCc1ccc(C(C)NC(=NC)NCCOCC2CCCO2)cc1. The van der Waals surface area contributed by atoms with Crippen LogP contribution in [0.15, 0.2) is 29.3 Å². The molecule has 0 aromatic heterocycles. The summed E-state index contributed by atoms with van der Waals surface area (Å²) in [5.41, 5.74) is 2.61. The third-order valence-electron chi connectivity index (χ3n) is 4.33. The summed E-state index contributed by atoms with van der Waals surface area (Å²) >= 11 is 0. The maximum atomic E-state index is 5.66. The molecular weight excluding hydrogens is 302 g/mol. The molecule has 2 rings (SSSR count). The lowest BCUT2D eigenvalue weighted by molar-refractivity contribution is 0.0191. The topological polar surface area (TPSA) is 54.9 Å². The van der Waals surface area contributed by atoms with Gasteiger partial charge in [-0.05, 0) is 37.3 Å². The number of aryl methyl sites for hydroxylation is 1. The molecule has 134 valence electrons. The Kier molecular flexibility index (Phi) is 8.05. The van der Waals surface area contributed by atoms with Crippen LogP contribution in [-0.2, 0) is 15.9 Å². The molecule has 24 heavy (non-hydrogen) atoms. The number of nitrogens with one attached hydrogen (secondary N) is 2. The highest BCUT2D eigenvalue weighted by Gasteiger charge is 2.15. The van der Waals surface area contributed by atoms with Crippen LogP contribution in [0.4, 0.5) is 0 Å². The molecule has 0 bridgehead atoms. The minimum absolute atomic E-state index is 0.204. The largest absolute Gasteiger partial charge is 0.377 e. The summed E-state index contributed by atoms with van der Waals surface area (Å²) in [7, 11) is 1.79. The third-order valence-corrected chi connectivity index (χ3v) is 4.33. The lowest BCUT2D eigenvalue weighted by Crippen LogP contribution is -2.40. The van der Waals surface area contributed by atoms with Gasteiger partial charge in [-0.3, -0.25) is 4.99 Å². The van der Waals surface area contributed by atoms with Crippen molar-refractivity contribution in [2.45, 2.75) is 45.3 Å². The first-order chi connectivity index (χ1) is 11.7. The Morgan fingerprint density at radius 3 is 2.79 bits per heavy atom. The van der Waals surface area contributed by atoms with Gasteiger partial charge in [0.2, 0.25) is 0 Å². The molecule has 1 aromatic carbocycles. The molecule has 1 aromatic rings. The summed E-state index contributed by atoms with van der Waals surface area (Å²) in [5.74, 6) is 0.794. The maximum absolute atomic E-state index is 5.66. The fourth-order valence-corrected chi connectivity index (χ4v) is 2.76. The van der Waals surface area contributed by atoms with Crippen LogP contribution in [0.2, 0.25) is 0 Å². The summed E-state index contributed by atoms with van der Waals surface area (Å²) in [6, 6.07) is 8.92. The van der Waals surface area contributed by atoms with Gasteiger partial charge in [0.15, 0.2) is 5.96 Å². The number of rotatable bonds is 8. The minimum Gasteiger partial charge on any atom is -0.377 e. The molecule has 0 spiro atoms. The molecule has 0 amide bonds. The van der Waals surface area contributed by atoms with Crippen molar-refractivity contribution in [1.82, 2.24) is 10.6 Å². The van der Waals surface area contributed by atoms with Crippen molar-refractivity contribution in [2.24, 2.45) is 4.99 Å². The Morgan fingerprint density at radius 2 is 2.17 bits per heavy atom. The summed E-state index contributed by atoms with van der Waals surface area (Å²) in [5, 5.41) is 6.70. The van der Waals surface area contributed by atoms with Crippen LogP contribution in [0.5, 0.6) is 0 Å². The average Bonchev–Trinajstić information content (AvgIpc) is 3.13. The predicted octanol–water partition coefficient (Wildman–Crippen LogP) is 2.67. The van der Waals surface area contributed by atoms with Gasteiger partial charge < -0.3 is 20.1 Å². The molecule has 1 saturated heterocycles. The second-order valence-corrected chi connectivity index (χ2v) is 6.17. The molecule has 5 nitrogen and oxygen atoms in total. The van der Waals surface area contributed by atoms with Crippen molar-refractivity contribution < 1.29 is 9.47 Å². The summed E-state index contributed by atoms with van der Waals surface area (Å²) in [6.07, 6.45) is 3.62. The molecule has 0 radical (unpaired) electrons. The smallest absolute Gasteiger partial charge is 0.191 e. The van der Waals surface area contributed by atoms with E-state index in [9.17, 15) is 0 Å². The van der Waals surface area contributed by atoms with Crippen LogP contribution in [-0.4, -0.2) is 45.5 Å². The molecule has 1 aliphatic rings. The predicted molar refractivity (Wildman–Crippen MR) is 98.5 cm³/mol. The van der Waals surface area contributed by atoms with E-state index in [4.69, 9.17) is 9.47 Å². The van der Waals surface area contributed by atoms with E-state index in [0.29, 0.717) is 13.2 Å². The van der Waals surface area contributed by atoms with Crippen LogP contribution >= 0.6 is 0 Å². The number of nitrogens with zero attached hydrogens (tertiary/aromatic N) is 1. The minimum atomic E-state index is 0.204. The molecule has 1 heterocycles. The fourth-order valence-electron chi connectivity index (χ4n) is 2.76. The van der Waals surface area contributed by atoms with Gasteiger partial charge >= 0.3 is 0 Å². The Bertz CT molecular complexity index is 496. The van der Waals surface area contributed by atoms with Crippen molar-refractivity contribution in [3.05, 3.63) is 35.4 Å². The molecule has 2 unspecified atom stereocenters. The van der Waals surface area contributed by atoms with E-state index < -0.39 is 0 Å². The van der Waals surface area contributed by atoms with Crippen molar-refractivity contribution in [1.29, 1.82) is 0 Å². The third kappa shape index (κ3) is 6.13. The van der Waals surface area contributed by atoms with Crippen molar-refractivity contribution in [2.75, 3.05) is 33.4 Å². The van der Waals surface area contributed by atoms with Gasteiger partial charge in [0, 0.05) is 20.2 Å². The Labute approximate surface area is 145 Å². The quantitative estimate of drug-likeness (QED) is 0.436. The molecule has 0 aliphatic carbocycles. The van der Waals surface area contributed by atoms with E-state index in [-0.39, 0.29) is 12.1 Å². The number of benzene rings is 1. The molecule has 1 aliphatic heterocycles. The molecule has 2 atom stereocenters. The van der Waals surface area contributed by atoms with Gasteiger partial charge in [-0.1, -0.05) is 31.2 Å². The molecular formula is C19H31N3O2. The number of hydrogen-bond acceptors (Lipinski definition) is 3. The van der Waals surface area contributed by atoms with Crippen LogP contribution < -0.4 is 10.6 Å². The average molecular weight is 333 g/mol. The Morgan fingerprint density at radius 1 is 1.38 bits per heavy atom. The van der Waals surface area contributed by atoms with E-state index in [2.05, 4.69) is 53.7 Å². The first kappa shape index (κ1) is 18.7. The number of ether oxygens (including phenoxy) is 2. The van der Waals surface area contributed by atoms with Crippen LogP contribution in [0.3, 0.4) is 0 Å². The van der Waals surface area contributed by atoms with Gasteiger partial charge in [0.1, 0.15) is 0 Å². The number of guanidine groups is 1. The van der Waals surface area contributed by atoms with Gasteiger partial charge in [-0.15, -0.1) is 0 Å². The maximum Gasteiger partial charge on any atom is 0.191 e. The standard InChI is InChI=1S/C19H31N3O2/c1-4-16-7-9-17(10-8-16)15(2)22-19(20-3)21-11-13-23-14-18-6-5-12-24-18/h7-10,15,18H,4-6,11-14H2,1-3H3,(H2,20,21,22). The summed E-state index contributed by atoms with van der Waals surface area (Å²) < 4.78 is 11.2. The van der Waals surface area contributed by atoms with Gasteiger partial charge in [-0.2, -0.15) is 0 Å². The first-order valence-corrected chi connectivity index (χ1v) is 8.98. The van der Waals surface area contributed by atoms with Gasteiger partial charge in [-0.25, -0.2) is 0 Å². The monoisotopic (exact) mass is 333 g/mol. The van der Waals surface area contributed by atoms with Gasteiger partial charge in [0.25, 0.3) is 0 Å². The highest BCUT2D eigenvalue weighted by molar-refractivity contribution is 5.80. The second-order valence-electron chi connectivity index (χ2n) is 6.17. The highest BCUT2D eigenvalue weighted by atomic mass is 16.5. The van der Waals surface area contributed by atoms with E-state index in [1.54, 1.807) is 7.05 Å². The zero-order valence-corrected chi connectivity index (χ0v) is 15.2. The van der Waals surface area contributed by atoms with E-state index in [1.807, 2.05) is 0 Å². The highest BCUT2D eigenvalue weighted by Crippen LogP contribution is 2.13. The summed E-state index contributed by atoms with van der Waals surface area (Å²) in [4.78, 5) is 4.28. The van der Waals surface area contributed by atoms with Crippen LogP contribution in [0.25, 0.3) is 0 Å².